The molecule has 1 nitrogen and oxygen atoms in total. The smallest absolute Gasteiger partial charge is 0.142 e. The van der Waals surface area contributed by atoms with Gasteiger partial charge in [0.15, 0.2) is 0 Å². The van der Waals surface area contributed by atoms with Crippen LogP contribution >= 0.6 is 0 Å². The van der Waals surface area contributed by atoms with Gasteiger partial charge in [-0.15, -0.1) is 0 Å². The van der Waals surface area contributed by atoms with E-state index in [2.05, 4.69) is 0 Å². The van der Waals surface area contributed by atoms with Crippen LogP contribution in [0.15, 0.2) is 23.7 Å². The molecule has 1 aliphatic heterocycles. The Balaban J connectivity index is 2.95. The van der Waals surface area contributed by atoms with Crippen LogP contribution in [0, 0.1) is 5.41 Å². The molecule has 1 aliphatic rings. The van der Waals surface area contributed by atoms with E-state index in [1.807, 2.05) is 38.8 Å². The standard InChI is InChI=1S/C11H18FN/c1-11(2,3)9-6-5-7-13(4)8-10(9)12/h6,8H,5,7H2,1-4H3. The first-order valence-electron chi connectivity index (χ1n) is 4.70. The fourth-order valence-corrected chi connectivity index (χ4v) is 1.50. The SMILES string of the molecule is CN1C=C(F)C(C(C)(C)C)=CCC1. The van der Waals surface area contributed by atoms with Crippen molar-refractivity contribution in [2.24, 2.45) is 5.41 Å². The molecule has 13 heavy (non-hydrogen) atoms. The lowest BCUT2D eigenvalue weighted by Gasteiger charge is -2.21. The van der Waals surface area contributed by atoms with Crippen LogP contribution in [0.1, 0.15) is 27.2 Å². The zero-order chi connectivity index (χ0) is 10.1. The predicted octanol–water partition coefficient (Wildman–Crippen LogP) is 3.11. The van der Waals surface area contributed by atoms with Gasteiger partial charge in [0.25, 0.3) is 0 Å². The number of halogens is 1. The lowest BCUT2D eigenvalue weighted by Crippen LogP contribution is -2.11. The van der Waals surface area contributed by atoms with E-state index in [9.17, 15) is 4.39 Å². The molecule has 1 heterocycles. The Morgan fingerprint density at radius 1 is 1.38 bits per heavy atom. The highest BCUT2D eigenvalue weighted by molar-refractivity contribution is 5.31. The van der Waals surface area contributed by atoms with Crippen LogP contribution in [-0.2, 0) is 0 Å². The maximum Gasteiger partial charge on any atom is 0.142 e. The number of rotatable bonds is 0. The van der Waals surface area contributed by atoms with E-state index >= 15 is 0 Å². The molecular weight excluding hydrogens is 165 g/mol. The molecule has 74 valence electrons. The van der Waals surface area contributed by atoms with Crippen molar-refractivity contribution in [3.63, 3.8) is 0 Å². The molecule has 0 fully saturated rings. The average Bonchev–Trinajstić information content (AvgIpc) is 2.08. The molecule has 0 radical (unpaired) electrons. The topological polar surface area (TPSA) is 3.24 Å². The van der Waals surface area contributed by atoms with Crippen LogP contribution < -0.4 is 0 Å². The number of hydrogen-bond acceptors (Lipinski definition) is 1. The molecule has 0 spiro atoms. The molecule has 0 aromatic rings. The fraction of sp³-hybridized carbons (Fsp3) is 0.636. The van der Waals surface area contributed by atoms with Crippen molar-refractivity contribution in [3.8, 4) is 0 Å². The summed E-state index contributed by atoms with van der Waals surface area (Å²) in [6, 6.07) is 0. The summed E-state index contributed by atoms with van der Waals surface area (Å²) < 4.78 is 13.6. The van der Waals surface area contributed by atoms with Gasteiger partial charge >= 0.3 is 0 Å². The zero-order valence-electron chi connectivity index (χ0n) is 8.89. The van der Waals surface area contributed by atoms with E-state index < -0.39 is 0 Å². The summed E-state index contributed by atoms with van der Waals surface area (Å²) in [5.41, 5.74) is 0.739. The van der Waals surface area contributed by atoms with Gasteiger partial charge in [0.2, 0.25) is 0 Å². The lowest BCUT2D eigenvalue weighted by molar-refractivity contribution is 0.443. The summed E-state index contributed by atoms with van der Waals surface area (Å²) >= 11 is 0. The van der Waals surface area contributed by atoms with Crippen molar-refractivity contribution in [2.75, 3.05) is 13.6 Å². The third-order valence-electron chi connectivity index (χ3n) is 2.23. The van der Waals surface area contributed by atoms with Crippen molar-refractivity contribution >= 4 is 0 Å². The van der Waals surface area contributed by atoms with Crippen LogP contribution in [-0.4, -0.2) is 18.5 Å². The van der Waals surface area contributed by atoms with Crippen LogP contribution in [0.3, 0.4) is 0 Å². The van der Waals surface area contributed by atoms with E-state index in [0.717, 1.165) is 18.5 Å². The van der Waals surface area contributed by atoms with Gasteiger partial charge < -0.3 is 4.90 Å². The summed E-state index contributed by atoms with van der Waals surface area (Å²) in [5, 5.41) is 0. The average molecular weight is 183 g/mol. The molecule has 2 heteroatoms. The van der Waals surface area contributed by atoms with Crippen molar-refractivity contribution in [1.82, 2.24) is 4.90 Å². The molecule has 0 N–H and O–H groups in total. The van der Waals surface area contributed by atoms with Crippen molar-refractivity contribution < 1.29 is 4.39 Å². The summed E-state index contributed by atoms with van der Waals surface area (Å²) in [4.78, 5) is 1.89. The second kappa shape index (κ2) is 3.52. The Labute approximate surface area is 79.9 Å². The quantitative estimate of drug-likeness (QED) is 0.557. The minimum atomic E-state index is -0.0915. The minimum absolute atomic E-state index is 0.0903. The number of allylic oxidation sites excluding steroid dienone is 2. The fourth-order valence-electron chi connectivity index (χ4n) is 1.50. The summed E-state index contributed by atoms with van der Waals surface area (Å²) in [5.74, 6) is -0.0903. The van der Waals surface area contributed by atoms with E-state index in [1.165, 1.54) is 0 Å². The van der Waals surface area contributed by atoms with Crippen LogP contribution in [0.2, 0.25) is 0 Å². The lowest BCUT2D eigenvalue weighted by atomic mass is 9.85. The third kappa shape index (κ3) is 2.58. The molecule has 0 saturated heterocycles. The first kappa shape index (κ1) is 10.3. The first-order valence-corrected chi connectivity index (χ1v) is 4.70. The van der Waals surface area contributed by atoms with E-state index in [4.69, 9.17) is 0 Å². The van der Waals surface area contributed by atoms with Gasteiger partial charge in [-0.1, -0.05) is 26.8 Å². The van der Waals surface area contributed by atoms with Gasteiger partial charge in [-0.05, 0) is 17.4 Å². The van der Waals surface area contributed by atoms with Gasteiger partial charge in [-0.25, -0.2) is 4.39 Å². The molecule has 0 bridgehead atoms. The van der Waals surface area contributed by atoms with Crippen molar-refractivity contribution in [1.29, 1.82) is 0 Å². The molecule has 0 aliphatic carbocycles. The van der Waals surface area contributed by atoms with Crippen LogP contribution in [0.25, 0.3) is 0 Å². The largest absolute Gasteiger partial charge is 0.378 e. The van der Waals surface area contributed by atoms with Gasteiger partial charge in [0.05, 0.1) is 0 Å². The summed E-state index contributed by atoms with van der Waals surface area (Å²) in [7, 11) is 1.90. The van der Waals surface area contributed by atoms with E-state index in [0.29, 0.717) is 0 Å². The van der Waals surface area contributed by atoms with Gasteiger partial charge in [0.1, 0.15) is 5.83 Å². The molecule has 0 saturated carbocycles. The summed E-state index contributed by atoms with van der Waals surface area (Å²) in [6.07, 6.45) is 4.52. The third-order valence-corrected chi connectivity index (χ3v) is 2.23. The Hall–Kier alpha value is -0.790. The van der Waals surface area contributed by atoms with Crippen LogP contribution in [0.5, 0.6) is 0 Å². The minimum Gasteiger partial charge on any atom is -0.378 e. The molecule has 0 unspecified atom stereocenters. The Morgan fingerprint density at radius 2 is 2.00 bits per heavy atom. The highest BCUT2D eigenvalue weighted by Crippen LogP contribution is 2.33. The maximum atomic E-state index is 13.6. The maximum absolute atomic E-state index is 13.6. The summed E-state index contributed by atoms with van der Waals surface area (Å²) in [6.45, 7) is 7.01. The van der Waals surface area contributed by atoms with Gasteiger partial charge in [-0.3, -0.25) is 0 Å². The number of hydrogen-bond donors (Lipinski definition) is 0. The normalized spacial score (nSPS) is 19.3. The molecule has 0 aromatic carbocycles. The van der Waals surface area contributed by atoms with Crippen LogP contribution in [0.4, 0.5) is 4.39 Å². The first-order chi connectivity index (χ1) is 5.91. The van der Waals surface area contributed by atoms with E-state index in [1.54, 1.807) is 6.20 Å². The Bertz CT molecular complexity index is 245. The zero-order valence-corrected chi connectivity index (χ0v) is 8.89. The molecule has 0 aromatic heterocycles. The molecule has 1 rings (SSSR count). The van der Waals surface area contributed by atoms with Gasteiger partial charge in [0, 0.05) is 19.8 Å². The van der Waals surface area contributed by atoms with E-state index in [-0.39, 0.29) is 11.2 Å². The second-order valence-electron chi connectivity index (χ2n) is 4.61. The molecule has 0 atom stereocenters. The second-order valence-corrected chi connectivity index (χ2v) is 4.61. The highest BCUT2D eigenvalue weighted by Gasteiger charge is 2.22. The predicted molar refractivity (Wildman–Crippen MR) is 54.0 cm³/mol. The molecule has 0 amide bonds. The van der Waals surface area contributed by atoms with Crippen molar-refractivity contribution in [3.05, 3.63) is 23.7 Å². The highest BCUT2D eigenvalue weighted by atomic mass is 19.1. The Kier molecular flexibility index (Phi) is 2.79. The Morgan fingerprint density at radius 3 is 2.54 bits per heavy atom. The van der Waals surface area contributed by atoms with Crippen molar-refractivity contribution in [2.45, 2.75) is 27.2 Å². The number of nitrogens with zero attached hydrogens (tertiary/aromatic N) is 1. The van der Waals surface area contributed by atoms with Gasteiger partial charge in [-0.2, -0.15) is 0 Å². The molecular formula is C11H18FN. The monoisotopic (exact) mass is 183 g/mol.